The third-order valence-electron chi connectivity index (χ3n) is 2.01. The van der Waals surface area contributed by atoms with Crippen LogP contribution in [0.1, 0.15) is 6.92 Å². The van der Waals surface area contributed by atoms with E-state index in [0.29, 0.717) is 0 Å². The molecule has 0 radical (unpaired) electrons. The van der Waals surface area contributed by atoms with Crippen molar-refractivity contribution in [2.24, 2.45) is 0 Å². The zero-order chi connectivity index (χ0) is 13.4. The Morgan fingerprint density at radius 1 is 1.35 bits per heavy atom. The van der Waals surface area contributed by atoms with E-state index < -0.39 is 24.1 Å². The minimum atomic E-state index is -1.33. The quantitative estimate of drug-likeness (QED) is 0.556. The lowest BCUT2D eigenvalue weighted by molar-refractivity contribution is -0.141. The molecule has 0 aliphatic rings. The molecule has 17 heavy (non-hydrogen) atoms. The van der Waals surface area contributed by atoms with Gasteiger partial charge in [-0.1, -0.05) is 12.2 Å². The molecular formula is C11H18N2O4. The fraction of sp³-hybridized carbons (Fsp3) is 0.455. The van der Waals surface area contributed by atoms with Gasteiger partial charge in [-0.2, -0.15) is 0 Å². The van der Waals surface area contributed by atoms with Crippen LogP contribution < -0.4 is 5.32 Å². The molecule has 0 aliphatic carbocycles. The van der Waals surface area contributed by atoms with Crippen molar-refractivity contribution in [1.82, 2.24) is 10.2 Å². The van der Waals surface area contributed by atoms with Crippen molar-refractivity contribution in [3.8, 4) is 0 Å². The van der Waals surface area contributed by atoms with Crippen LogP contribution in [-0.4, -0.2) is 52.3 Å². The van der Waals surface area contributed by atoms with Gasteiger partial charge in [-0.3, -0.25) is 0 Å². The minimum Gasteiger partial charge on any atom is -0.480 e. The zero-order valence-corrected chi connectivity index (χ0v) is 9.80. The molecule has 0 aromatic rings. The Hall–Kier alpha value is -1.82. The van der Waals surface area contributed by atoms with Crippen LogP contribution in [0.15, 0.2) is 25.3 Å². The van der Waals surface area contributed by atoms with E-state index in [2.05, 4.69) is 18.5 Å². The maximum absolute atomic E-state index is 11.7. The summed E-state index contributed by atoms with van der Waals surface area (Å²) in [6, 6.07) is -1.92. The molecule has 6 nitrogen and oxygen atoms in total. The summed E-state index contributed by atoms with van der Waals surface area (Å²) in [6.45, 7) is 8.82. The van der Waals surface area contributed by atoms with E-state index in [1.807, 2.05) is 0 Å². The van der Waals surface area contributed by atoms with Crippen molar-refractivity contribution >= 4 is 12.0 Å². The molecule has 2 amide bonds. The third-order valence-corrected chi connectivity index (χ3v) is 2.01. The molecule has 0 fully saturated rings. The first kappa shape index (κ1) is 15.2. The van der Waals surface area contributed by atoms with Gasteiger partial charge in [-0.05, 0) is 6.92 Å². The van der Waals surface area contributed by atoms with Crippen LogP contribution in [0.2, 0.25) is 0 Å². The lowest BCUT2D eigenvalue weighted by Gasteiger charge is -2.24. The van der Waals surface area contributed by atoms with Crippen LogP contribution in [0.5, 0.6) is 0 Å². The molecule has 96 valence electrons. The molecule has 2 unspecified atom stereocenters. The number of urea groups is 1. The maximum Gasteiger partial charge on any atom is 0.328 e. The van der Waals surface area contributed by atoms with Crippen molar-refractivity contribution in [1.29, 1.82) is 0 Å². The van der Waals surface area contributed by atoms with Gasteiger partial charge in [0.05, 0.1) is 6.10 Å². The van der Waals surface area contributed by atoms with E-state index in [9.17, 15) is 14.7 Å². The number of hydrogen-bond acceptors (Lipinski definition) is 3. The maximum atomic E-state index is 11.7. The van der Waals surface area contributed by atoms with E-state index in [-0.39, 0.29) is 13.1 Å². The smallest absolute Gasteiger partial charge is 0.328 e. The Kier molecular flexibility index (Phi) is 6.65. The highest BCUT2D eigenvalue weighted by atomic mass is 16.4. The van der Waals surface area contributed by atoms with Gasteiger partial charge < -0.3 is 20.4 Å². The minimum absolute atomic E-state index is 0.268. The first-order chi connectivity index (χ1) is 7.93. The summed E-state index contributed by atoms with van der Waals surface area (Å²) in [7, 11) is 0. The molecule has 0 spiro atoms. The molecule has 6 heteroatoms. The summed E-state index contributed by atoms with van der Waals surface area (Å²) in [4.78, 5) is 23.8. The molecule has 2 atom stereocenters. The number of aliphatic hydroxyl groups excluding tert-OH is 1. The number of carboxylic acid groups (broad SMARTS) is 1. The van der Waals surface area contributed by atoms with Gasteiger partial charge in [-0.25, -0.2) is 9.59 Å². The van der Waals surface area contributed by atoms with E-state index in [1.54, 1.807) is 0 Å². The lowest BCUT2D eigenvalue weighted by Crippen LogP contribution is -2.52. The van der Waals surface area contributed by atoms with Crippen LogP contribution in [0.25, 0.3) is 0 Å². The van der Waals surface area contributed by atoms with Crippen LogP contribution in [0.3, 0.4) is 0 Å². The Morgan fingerprint density at radius 3 is 2.12 bits per heavy atom. The van der Waals surface area contributed by atoms with Crippen molar-refractivity contribution in [3.63, 3.8) is 0 Å². The second-order valence-electron chi connectivity index (χ2n) is 3.49. The summed E-state index contributed by atoms with van der Waals surface area (Å²) in [5.41, 5.74) is 0. The van der Waals surface area contributed by atoms with Crippen LogP contribution in [0.4, 0.5) is 4.79 Å². The highest BCUT2D eigenvalue weighted by Crippen LogP contribution is 1.97. The number of aliphatic carboxylic acids is 1. The van der Waals surface area contributed by atoms with Crippen molar-refractivity contribution in [3.05, 3.63) is 25.3 Å². The predicted molar refractivity (Wildman–Crippen MR) is 63.6 cm³/mol. The number of rotatable bonds is 7. The topological polar surface area (TPSA) is 89.9 Å². The van der Waals surface area contributed by atoms with Crippen molar-refractivity contribution < 1.29 is 19.8 Å². The Bertz CT molecular complexity index is 292. The number of carboxylic acids is 1. The number of nitrogens with zero attached hydrogens (tertiary/aromatic N) is 1. The molecule has 0 saturated heterocycles. The first-order valence-corrected chi connectivity index (χ1v) is 5.12. The highest BCUT2D eigenvalue weighted by Gasteiger charge is 2.26. The summed E-state index contributed by atoms with van der Waals surface area (Å²) in [5.74, 6) is -1.29. The number of hydrogen-bond donors (Lipinski definition) is 3. The van der Waals surface area contributed by atoms with Gasteiger partial charge in [0.25, 0.3) is 0 Å². The summed E-state index contributed by atoms with van der Waals surface area (Å²) in [6.07, 6.45) is 1.85. The highest BCUT2D eigenvalue weighted by molar-refractivity contribution is 5.83. The van der Waals surface area contributed by atoms with Gasteiger partial charge in [-0.15, -0.1) is 13.2 Å². The molecule has 0 aromatic carbocycles. The number of amides is 2. The molecule has 0 aliphatic heterocycles. The van der Waals surface area contributed by atoms with Crippen molar-refractivity contribution in [2.45, 2.75) is 19.1 Å². The average Bonchev–Trinajstić information content (AvgIpc) is 2.24. The number of carbonyl (C=O) groups is 2. The zero-order valence-electron chi connectivity index (χ0n) is 9.80. The number of aliphatic hydroxyl groups is 1. The normalized spacial score (nSPS) is 13.3. The van der Waals surface area contributed by atoms with Gasteiger partial charge in [0, 0.05) is 13.1 Å². The Morgan fingerprint density at radius 2 is 1.82 bits per heavy atom. The fourth-order valence-electron chi connectivity index (χ4n) is 1.17. The number of carbonyl (C=O) groups excluding carboxylic acids is 1. The molecule has 0 rings (SSSR count). The summed E-state index contributed by atoms with van der Waals surface area (Å²) >= 11 is 0. The molecule has 0 heterocycles. The summed E-state index contributed by atoms with van der Waals surface area (Å²) < 4.78 is 0. The van der Waals surface area contributed by atoms with Crippen LogP contribution in [0, 0.1) is 0 Å². The van der Waals surface area contributed by atoms with Gasteiger partial charge in [0.2, 0.25) is 0 Å². The predicted octanol–water partition coefficient (Wildman–Crippen LogP) is 0.204. The van der Waals surface area contributed by atoms with E-state index in [1.165, 1.54) is 24.0 Å². The van der Waals surface area contributed by atoms with E-state index in [4.69, 9.17) is 5.11 Å². The largest absolute Gasteiger partial charge is 0.480 e. The first-order valence-electron chi connectivity index (χ1n) is 5.12. The molecule has 3 N–H and O–H groups in total. The SMILES string of the molecule is C=CCN(CC=C)C(=O)NC(C(=O)O)C(C)O. The van der Waals surface area contributed by atoms with Gasteiger partial charge >= 0.3 is 12.0 Å². The monoisotopic (exact) mass is 242 g/mol. The lowest BCUT2D eigenvalue weighted by atomic mass is 10.2. The van der Waals surface area contributed by atoms with Crippen LogP contribution in [-0.2, 0) is 4.79 Å². The van der Waals surface area contributed by atoms with E-state index >= 15 is 0 Å². The fourth-order valence-corrected chi connectivity index (χ4v) is 1.17. The molecule has 0 bridgehead atoms. The Labute approximate surface area is 100 Å². The average molecular weight is 242 g/mol. The second kappa shape index (κ2) is 7.45. The van der Waals surface area contributed by atoms with Gasteiger partial charge in [0.1, 0.15) is 0 Å². The van der Waals surface area contributed by atoms with Crippen LogP contribution >= 0.6 is 0 Å². The molecule has 0 saturated carbocycles. The second-order valence-corrected chi connectivity index (χ2v) is 3.49. The summed E-state index contributed by atoms with van der Waals surface area (Å²) in [5, 5.41) is 20.2. The van der Waals surface area contributed by atoms with Crippen molar-refractivity contribution in [2.75, 3.05) is 13.1 Å². The van der Waals surface area contributed by atoms with Gasteiger partial charge in [0.15, 0.2) is 6.04 Å². The standard InChI is InChI=1S/C11H18N2O4/c1-4-6-13(7-5-2)11(17)12-9(8(3)14)10(15)16/h4-5,8-9,14H,1-2,6-7H2,3H3,(H,12,17)(H,15,16). The molecule has 0 aromatic heterocycles. The van der Waals surface area contributed by atoms with E-state index in [0.717, 1.165) is 0 Å². The third kappa shape index (κ3) is 5.17. The Balaban J connectivity index is 4.60. The molecular weight excluding hydrogens is 224 g/mol. The number of nitrogens with one attached hydrogen (secondary N) is 1.